The van der Waals surface area contributed by atoms with Crippen LogP contribution in [0.15, 0.2) is 21.5 Å². The van der Waals surface area contributed by atoms with Crippen molar-refractivity contribution >= 4 is 56.9 Å². The van der Waals surface area contributed by atoms with Gasteiger partial charge in [0.1, 0.15) is 6.54 Å². The molecule has 1 heterocycles. The SMILES string of the molecule is COC(=O)COc1cc(Br)c(/C=C2\SC(=O)N(CC(=O)OC)C2=O)cc1OC. The minimum atomic E-state index is -0.696. The molecule has 0 spiro atoms. The van der Waals surface area contributed by atoms with Gasteiger partial charge in [0.05, 0.1) is 26.2 Å². The summed E-state index contributed by atoms with van der Waals surface area (Å²) in [5, 5.41) is -0.567. The molecule has 2 rings (SSSR count). The van der Waals surface area contributed by atoms with Crippen molar-refractivity contribution in [1.82, 2.24) is 4.90 Å². The molecule has 1 aromatic rings. The molecule has 11 heteroatoms. The number of benzene rings is 1. The Morgan fingerprint density at radius 1 is 1.11 bits per heavy atom. The minimum Gasteiger partial charge on any atom is -0.493 e. The summed E-state index contributed by atoms with van der Waals surface area (Å²) in [4.78, 5) is 47.9. The van der Waals surface area contributed by atoms with Crippen LogP contribution in [-0.2, 0) is 23.9 Å². The molecule has 1 aliphatic rings. The van der Waals surface area contributed by atoms with Gasteiger partial charge >= 0.3 is 11.9 Å². The number of halogens is 1. The molecule has 0 unspecified atom stereocenters. The van der Waals surface area contributed by atoms with Crippen LogP contribution in [0.25, 0.3) is 6.08 Å². The highest BCUT2D eigenvalue weighted by molar-refractivity contribution is 9.10. The number of thioether (sulfide) groups is 1. The third-order valence-corrected chi connectivity index (χ3v) is 5.13. The Hall–Kier alpha value is -2.53. The average Bonchev–Trinajstić information content (AvgIpc) is 2.94. The van der Waals surface area contributed by atoms with Crippen molar-refractivity contribution < 1.29 is 38.1 Å². The van der Waals surface area contributed by atoms with Crippen LogP contribution in [0.1, 0.15) is 5.56 Å². The number of methoxy groups -OCH3 is 3. The van der Waals surface area contributed by atoms with E-state index in [1.54, 1.807) is 12.1 Å². The number of carbonyl (C=O) groups excluding carboxylic acids is 4. The molecule has 1 aromatic carbocycles. The van der Waals surface area contributed by atoms with Crippen molar-refractivity contribution in [2.24, 2.45) is 0 Å². The maximum absolute atomic E-state index is 12.4. The molecule has 0 aliphatic carbocycles. The van der Waals surface area contributed by atoms with Gasteiger partial charge in [-0.3, -0.25) is 19.3 Å². The maximum Gasteiger partial charge on any atom is 0.343 e. The van der Waals surface area contributed by atoms with E-state index in [1.807, 2.05) is 0 Å². The molecule has 28 heavy (non-hydrogen) atoms. The van der Waals surface area contributed by atoms with Crippen LogP contribution in [0.5, 0.6) is 11.5 Å². The van der Waals surface area contributed by atoms with Gasteiger partial charge in [0.15, 0.2) is 18.1 Å². The monoisotopic (exact) mass is 473 g/mol. The molecule has 0 radical (unpaired) electrons. The fourth-order valence-corrected chi connectivity index (χ4v) is 3.37. The Bertz CT molecular complexity index is 854. The number of carbonyl (C=O) groups is 4. The Morgan fingerprint density at radius 2 is 1.79 bits per heavy atom. The van der Waals surface area contributed by atoms with Crippen LogP contribution in [0, 0.1) is 0 Å². The van der Waals surface area contributed by atoms with Gasteiger partial charge in [-0.1, -0.05) is 15.9 Å². The lowest BCUT2D eigenvalue weighted by Crippen LogP contribution is -2.34. The third kappa shape index (κ3) is 5.04. The van der Waals surface area contributed by atoms with E-state index >= 15 is 0 Å². The second-order valence-electron chi connectivity index (χ2n) is 5.23. The molecular weight excluding hydrogens is 458 g/mol. The van der Waals surface area contributed by atoms with Gasteiger partial charge in [0.2, 0.25) is 0 Å². The number of amides is 2. The summed E-state index contributed by atoms with van der Waals surface area (Å²) in [5.74, 6) is -1.25. The van der Waals surface area contributed by atoms with Gasteiger partial charge in [-0.15, -0.1) is 0 Å². The second-order valence-corrected chi connectivity index (χ2v) is 7.08. The maximum atomic E-state index is 12.4. The van der Waals surface area contributed by atoms with Crippen LogP contribution >= 0.6 is 27.7 Å². The minimum absolute atomic E-state index is 0.139. The predicted molar refractivity (Wildman–Crippen MR) is 103 cm³/mol. The molecule has 0 bridgehead atoms. The molecule has 1 saturated heterocycles. The van der Waals surface area contributed by atoms with Gasteiger partial charge in [0.25, 0.3) is 11.1 Å². The van der Waals surface area contributed by atoms with Crippen LogP contribution in [0.4, 0.5) is 4.79 Å². The highest BCUT2D eigenvalue weighted by Gasteiger charge is 2.36. The van der Waals surface area contributed by atoms with Crippen molar-refractivity contribution in [3.63, 3.8) is 0 Å². The summed E-state index contributed by atoms with van der Waals surface area (Å²) >= 11 is 4.06. The van der Waals surface area contributed by atoms with Crippen LogP contribution in [0.3, 0.4) is 0 Å². The predicted octanol–water partition coefficient (Wildman–Crippen LogP) is 2.22. The number of imide groups is 1. The first-order valence-corrected chi connectivity index (χ1v) is 9.31. The lowest BCUT2D eigenvalue weighted by atomic mass is 10.2. The summed E-state index contributed by atoms with van der Waals surface area (Å²) in [7, 11) is 3.84. The van der Waals surface area contributed by atoms with Crippen molar-refractivity contribution in [1.29, 1.82) is 0 Å². The number of esters is 2. The van der Waals surface area contributed by atoms with Crippen molar-refractivity contribution in [2.45, 2.75) is 0 Å². The summed E-state index contributed by atoms with van der Waals surface area (Å²) in [6, 6.07) is 3.14. The van der Waals surface area contributed by atoms with Gasteiger partial charge in [-0.05, 0) is 35.5 Å². The van der Waals surface area contributed by atoms with Crippen LogP contribution < -0.4 is 9.47 Å². The molecule has 1 aliphatic heterocycles. The van der Waals surface area contributed by atoms with Gasteiger partial charge < -0.3 is 18.9 Å². The number of nitrogens with zero attached hydrogens (tertiary/aromatic N) is 1. The molecule has 9 nitrogen and oxygen atoms in total. The van der Waals surface area contributed by atoms with Crippen molar-refractivity contribution in [3.8, 4) is 11.5 Å². The summed E-state index contributed by atoms with van der Waals surface area (Å²) in [5.41, 5.74) is 0.533. The van der Waals surface area contributed by atoms with E-state index in [9.17, 15) is 19.2 Å². The zero-order chi connectivity index (χ0) is 20.8. The first-order chi connectivity index (χ1) is 13.3. The standard InChI is InChI=1S/C17H16BrNO8S/c1-24-11-4-9(10(18)6-12(11)27-8-15(21)26-3)5-13-16(22)19(17(23)28-13)7-14(20)25-2/h4-6H,7-8H2,1-3H3/b13-5-. The Balaban J connectivity index is 2.28. The smallest absolute Gasteiger partial charge is 0.343 e. The average molecular weight is 474 g/mol. The van der Waals surface area contributed by atoms with Crippen molar-refractivity contribution in [2.75, 3.05) is 34.5 Å². The van der Waals surface area contributed by atoms with E-state index in [0.717, 1.165) is 4.90 Å². The van der Waals surface area contributed by atoms with E-state index in [0.29, 0.717) is 27.5 Å². The van der Waals surface area contributed by atoms with Gasteiger partial charge in [0, 0.05) is 4.47 Å². The third-order valence-electron chi connectivity index (χ3n) is 3.53. The Kier molecular flexibility index (Phi) is 7.46. The zero-order valence-electron chi connectivity index (χ0n) is 15.1. The molecule has 0 N–H and O–H groups in total. The Labute approximate surface area is 173 Å². The first kappa shape index (κ1) is 21.8. The summed E-state index contributed by atoms with van der Waals surface area (Å²) < 4.78 is 20.2. The molecule has 0 atom stereocenters. The lowest BCUT2D eigenvalue weighted by Gasteiger charge is -2.12. The molecule has 2 amide bonds. The molecule has 1 fully saturated rings. The fraction of sp³-hybridized carbons (Fsp3) is 0.294. The second kappa shape index (κ2) is 9.60. The van der Waals surface area contributed by atoms with E-state index in [1.165, 1.54) is 27.4 Å². The molecular formula is C17H16BrNO8S. The van der Waals surface area contributed by atoms with Crippen molar-refractivity contribution in [3.05, 3.63) is 27.1 Å². The summed E-state index contributed by atoms with van der Waals surface area (Å²) in [6.07, 6.45) is 1.48. The van der Waals surface area contributed by atoms with E-state index in [2.05, 4.69) is 25.4 Å². The van der Waals surface area contributed by atoms with Gasteiger partial charge in [-0.25, -0.2) is 4.79 Å². The van der Waals surface area contributed by atoms with Gasteiger partial charge in [-0.2, -0.15) is 0 Å². The number of hydrogen-bond donors (Lipinski definition) is 0. The molecule has 150 valence electrons. The lowest BCUT2D eigenvalue weighted by molar-refractivity contribution is -0.143. The largest absolute Gasteiger partial charge is 0.493 e. The van der Waals surface area contributed by atoms with E-state index < -0.39 is 29.6 Å². The fourth-order valence-electron chi connectivity index (χ4n) is 2.10. The molecule has 0 aromatic heterocycles. The van der Waals surface area contributed by atoms with Crippen LogP contribution in [-0.4, -0.2) is 62.5 Å². The quantitative estimate of drug-likeness (QED) is 0.434. The zero-order valence-corrected chi connectivity index (χ0v) is 17.5. The highest BCUT2D eigenvalue weighted by atomic mass is 79.9. The van der Waals surface area contributed by atoms with Crippen LogP contribution in [0.2, 0.25) is 0 Å². The highest BCUT2D eigenvalue weighted by Crippen LogP contribution is 2.38. The molecule has 0 saturated carbocycles. The number of ether oxygens (including phenoxy) is 4. The normalized spacial score (nSPS) is 15.0. The number of rotatable bonds is 7. The first-order valence-electron chi connectivity index (χ1n) is 7.70. The topological polar surface area (TPSA) is 108 Å². The summed E-state index contributed by atoms with van der Waals surface area (Å²) in [6.45, 7) is -0.756. The number of hydrogen-bond acceptors (Lipinski definition) is 9. The van der Waals surface area contributed by atoms with E-state index in [4.69, 9.17) is 9.47 Å². The van der Waals surface area contributed by atoms with E-state index in [-0.39, 0.29) is 17.3 Å². The Morgan fingerprint density at radius 3 is 2.39 bits per heavy atom.